The van der Waals surface area contributed by atoms with Gasteiger partial charge >= 0.3 is 5.63 Å². The van der Waals surface area contributed by atoms with Gasteiger partial charge in [0.1, 0.15) is 5.58 Å². The van der Waals surface area contributed by atoms with Crippen LogP contribution in [-0.4, -0.2) is 31.3 Å². The van der Waals surface area contributed by atoms with Crippen LogP contribution in [0.25, 0.3) is 16.9 Å². The molecule has 0 unspecified atom stereocenters. The quantitative estimate of drug-likeness (QED) is 0.244. The Balaban J connectivity index is 1.51. The molecular formula is C24H29N7O2. The Morgan fingerprint density at radius 1 is 1.00 bits per heavy atom. The van der Waals surface area contributed by atoms with Crippen molar-refractivity contribution in [3.63, 3.8) is 0 Å². The number of hydrogen-bond donors (Lipinski definition) is 2. The zero-order chi connectivity index (χ0) is 23.0. The first kappa shape index (κ1) is 22.4. The van der Waals surface area contributed by atoms with Gasteiger partial charge in [0.15, 0.2) is 0 Å². The molecule has 0 aliphatic heterocycles. The summed E-state index contributed by atoms with van der Waals surface area (Å²) in [6.45, 7) is 4.74. The first-order valence-electron chi connectivity index (χ1n) is 11.4. The topological polar surface area (TPSA) is 111 Å². The molecule has 0 bridgehead atoms. The SMILES string of the molecule is CCCCCCCCNc1nc(Nc2ccc3cc(C)c(=O)oc3c2)nc(-n2cccn2)n1. The van der Waals surface area contributed by atoms with Crippen LogP contribution in [0.1, 0.15) is 51.0 Å². The summed E-state index contributed by atoms with van der Waals surface area (Å²) in [5, 5.41) is 11.6. The van der Waals surface area contributed by atoms with Gasteiger partial charge in [0.25, 0.3) is 5.95 Å². The van der Waals surface area contributed by atoms with Crippen LogP contribution in [0, 0.1) is 6.92 Å². The van der Waals surface area contributed by atoms with Crippen LogP contribution in [0.3, 0.4) is 0 Å². The van der Waals surface area contributed by atoms with Gasteiger partial charge in [-0.15, -0.1) is 0 Å². The molecule has 0 aliphatic rings. The van der Waals surface area contributed by atoms with Crippen molar-refractivity contribution in [1.82, 2.24) is 24.7 Å². The summed E-state index contributed by atoms with van der Waals surface area (Å²) in [6, 6.07) is 9.17. The lowest BCUT2D eigenvalue weighted by Gasteiger charge is -2.11. The van der Waals surface area contributed by atoms with Crippen LogP contribution in [0.4, 0.5) is 17.6 Å². The maximum Gasteiger partial charge on any atom is 0.339 e. The Bertz CT molecular complexity index is 1250. The third-order valence-corrected chi connectivity index (χ3v) is 5.31. The van der Waals surface area contributed by atoms with E-state index in [-0.39, 0.29) is 5.63 Å². The minimum atomic E-state index is -0.345. The molecule has 0 amide bonds. The molecule has 2 N–H and O–H groups in total. The van der Waals surface area contributed by atoms with Gasteiger partial charge in [0.2, 0.25) is 11.9 Å². The first-order chi connectivity index (χ1) is 16.1. The van der Waals surface area contributed by atoms with Gasteiger partial charge in [-0.25, -0.2) is 9.48 Å². The van der Waals surface area contributed by atoms with E-state index in [9.17, 15) is 4.79 Å². The molecule has 4 rings (SSSR count). The van der Waals surface area contributed by atoms with Crippen LogP contribution in [0.15, 0.2) is 51.9 Å². The summed E-state index contributed by atoms with van der Waals surface area (Å²) >= 11 is 0. The predicted molar refractivity (Wildman–Crippen MR) is 129 cm³/mol. The summed E-state index contributed by atoms with van der Waals surface area (Å²) < 4.78 is 6.99. The van der Waals surface area contributed by atoms with E-state index in [0.29, 0.717) is 34.7 Å². The maximum absolute atomic E-state index is 11.9. The Morgan fingerprint density at radius 3 is 2.64 bits per heavy atom. The fourth-order valence-corrected chi connectivity index (χ4v) is 3.52. The highest BCUT2D eigenvalue weighted by atomic mass is 16.4. The van der Waals surface area contributed by atoms with E-state index >= 15 is 0 Å². The molecule has 9 nitrogen and oxygen atoms in total. The van der Waals surface area contributed by atoms with Gasteiger partial charge in [-0.2, -0.15) is 20.1 Å². The molecule has 33 heavy (non-hydrogen) atoms. The van der Waals surface area contributed by atoms with Crippen molar-refractivity contribution in [2.45, 2.75) is 52.4 Å². The van der Waals surface area contributed by atoms with Crippen LogP contribution >= 0.6 is 0 Å². The molecule has 3 heterocycles. The van der Waals surface area contributed by atoms with E-state index in [1.54, 1.807) is 30.1 Å². The molecule has 9 heteroatoms. The number of nitrogens with zero attached hydrogens (tertiary/aromatic N) is 5. The van der Waals surface area contributed by atoms with E-state index in [2.05, 4.69) is 37.6 Å². The largest absolute Gasteiger partial charge is 0.422 e. The Hall–Kier alpha value is -3.75. The second kappa shape index (κ2) is 10.7. The fourth-order valence-electron chi connectivity index (χ4n) is 3.52. The van der Waals surface area contributed by atoms with Crippen LogP contribution in [0.2, 0.25) is 0 Å². The third kappa shape index (κ3) is 5.94. The monoisotopic (exact) mass is 447 g/mol. The van der Waals surface area contributed by atoms with Crippen molar-refractivity contribution in [2.75, 3.05) is 17.2 Å². The average Bonchev–Trinajstić information content (AvgIpc) is 3.34. The summed E-state index contributed by atoms with van der Waals surface area (Å²) in [5.74, 6) is 1.26. The molecular weight excluding hydrogens is 418 g/mol. The van der Waals surface area contributed by atoms with Crippen LogP contribution < -0.4 is 16.3 Å². The molecule has 0 fully saturated rings. The highest BCUT2D eigenvalue weighted by Crippen LogP contribution is 2.21. The standard InChI is InChI=1S/C24H29N7O2/c1-3-4-5-6-7-8-12-25-22-28-23(30-24(29-22)31-14-9-13-26-31)27-19-11-10-18-15-17(2)21(32)33-20(18)16-19/h9-11,13-16H,3-8,12H2,1-2H3,(H2,25,27,28,29,30). The summed E-state index contributed by atoms with van der Waals surface area (Å²) in [7, 11) is 0. The molecule has 0 saturated heterocycles. The fraction of sp³-hybridized carbons (Fsp3) is 0.375. The molecule has 0 spiro atoms. The maximum atomic E-state index is 11.9. The summed E-state index contributed by atoms with van der Waals surface area (Å²) in [6.07, 6.45) is 10.8. The molecule has 0 atom stereocenters. The average molecular weight is 448 g/mol. The number of hydrogen-bond acceptors (Lipinski definition) is 8. The van der Waals surface area contributed by atoms with E-state index in [1.165, 1.54) is 32.1 Å². The lowest BCUT2D eigenvalue weighted by atomic mass is 10.1. The number of benzene rings is 1. The second-order valence-electron chi connectivity index (χ2n) is 8.02. The minimum absolute atomic E-state index is 0.345. The number of anilines is 3. The summed E-state index contributed by atoms with van der Waals surface area (Å²) in [4.78, 5) is 25.4. The zero-order valence-electron chi connectivity index (χ0n) is 19.0. The Kier molecular flexibility index (Phi) is 7.29. The molecule has 1 aromatic carbocycles. The van der Waals surface area contributed by atoms with Gasteiger partial charge in [0.05, 0.1) is 0 Å². The van der Waals surface area contributed by atoms with E-state index in [0.717, 1.165) is 18.4 Å². The second-order valence-corrected chi connectivity index (χ2v) is 8.02. The van der Waals surface area contributed by atoms with Crippen molar-refractivity contribution >= 4 is 28.6 Å². The molecule has 172 valence electrons. The molecule has 4 aromatic rings. The molecule has 0 aliphatic carbocycles. The number of unbranched alkanes of at least 4 members (excludes halogenated alkanes) is 5. The first-order valence-corrected chi connectivity index (χ1v) is 11.4. The Morgan fingerprint density at radius 2 is 1.82 bits per heavy atom. The van der Waals surface area contributed by atoms with Crippen molar-refractivity contribution in [2.24, 2.45) is 0 Å². The molecule has 0 saturated carbocycles. The van der Waals surface area contributed by atoms with Gasteiger partial charge < -0.3 is 15.1 Å². The van der Waals surface area contributed by atoms with Crippen LogP contribution in [0.5, 0.6) is 0 Å². The third-order valence-electron chi connectivity index (χ3n) is 5.31. The normalized spacial score (nSPS) is 11.1. The van der Waals surface area contributed by atoms with E-state index in [1.807, 2.05) is 24.3 Å². The highest BCUT2D eigenvalue weighted by molar-refractivity contribution is 5.81. The van der Waals surface area contributed by atoms with Crippen molar-refractivity contribution in [3.8, 4) is 5.95 Å². The van der Waals surface area contributed by atoms with Crippen molar-refractivity contribution < 1.29 is 4.42 Å². The summed E-state index contributed by atoms with van der Waals surface area (Å²) in [5.41, 5.74) is 1.43. The lowest BCUT2D eigenvalue weighted by molar-refractivity contribution is 0.555. The smallest absolute Gasteiger partial charge is 0.339 e. The lowest BCUT2D eigenvalue weighted by Crippen LogP contribution is -2.12. The van der Waals surface area contributed by atoms with E-state index < -0.39 is 0 Å². The van der Waals surface area contributed by atoms with Crippen molar-refractivity contribution in [1.29, 1.82) is 0 Å². The minimum Gasteiger partial charge on any atom is -0.422 e. The zero-order valence-corrected chi connectivity index (χ0v) is 19.0. The number of aryl methyl sites for hydroxylation is 1. The molecule has 0 radical (unpaired) electrons. The number of nitrogens with one attached hydrogen (secondary N) is 2. The molecule has 3 aromatic heterocycles. The van der Waals surface area contributed by atoms with Gasteiger partial charge in [-0.3, -0.25) is 0 Å². The Labute approximate surface area is 192 Å². The highest BCUT2D eigenvalue weighted by Gasteiger charge is 2.10. The van der Waals surface area contributed by atoms with Crippen molar-refractivity contribution in [3.05, 3.63) is 58.7 Å². The van der Waals surface area contributed by atoms with Gasteiger partial charge in [0, 0.05) is 41.6 Å². The van der Waals surface area contributed by atoms with Gasteiger partial charge in [-0.1, -0.05) is 39.0 Å². The van der Waals surface area contributed by atoms with E-state index in [4.69, 9.17) is 4.42 Å². The van der Waals surface area contributed by atoms with Gasteiger partial charge in [-0.05, 0) is 37.6 Å². The van der Waals surface area contributed by atoms with Crippen LogP contribution in [-0.2, 0) is 0 Å². The predicted octanol–water partition coefficient (Wildman–Crippen LogP) is 4.99. The number of aromatic nitrogens is 5. The number of rotatable bonds is 11. The number of fused-ring (bicyclic) bond motifs is 1.